The van der Waals surface area contributed by atoms with Crippen molar-refractivity contribution in [1.29, 1.82) is 0 Å². The first-order valence-electron chi connectivity index (χ1n) is 4.56. The van der Waals surface area contributed by atoms with E-state index in [0.29, 0.717) is 0 Å². The van der Waals surface area contributed by atoms with Gasteiger partial charge in [-0.2, -0.15) is 0 Å². The summed E-state index contributed by atoms with van der Waals surface area (Å²) < 4.78 is 22.3. The van der Waals surface area contributed by atoms with Crippen LogP contribution < -0.4 is 0 Å². The fourth-order valence-corrected chi connectivity index (χ4v) is 1.74. The molecule has 0 heterocycles. The van der Waals surface area contributed by atoms with Crippen LogP contribution in [0.4, 0.5) is 0 Å². The van der Waals surface area contributed by atoms with Gasteiger partial charge < -0.3 is 5.11 Å². The highest BCUT2D eigenvalue weighted by atomic mass is 32.2. The minimum Gasteiger partial charge on any atom is -0.478 e. The van der Waals surface area contributed by atoms with Crippen molar-refractivity contribution in [3.8, 4) is 0 Å². The van der Waals surface area contributed by atoms with Crippen LogP contribution in [0.2, 0.25) is 0 Å². The molecule has 0 aliphatic carbocycles. The van der Waals surface area contributed by atoms with Gasteiger partial charge in [-0.15, -0.1) is 0 Å². The van der Waals surface area contributed by atoms with Crippen molar-refractivity contribution < 1.29 is 23.1 Å². The first-order valence-corrected chi connectivity index (χ1v) is 6.45. The number of carbonyl (C=O) groups is 2. The zero-order valence-corrected chi connectivity index (χ0v) is 9.77. The van der Waals surface area contributed by atoms with Crippen molar-refractivity contribution in [3.63, 3.8) is 0 Å². The average molecular weight is 254 g/mol. The molecule has 0 fully saturated rings. The molecule has 6 heteroatoms. The highest BCUT2D eigenvalue weighted by molar-refractivity contribution is 7.90. The van der Waals surface area contributed by atoms with Crippen LogP contribution in [-0.2, 0) is 14.6 Å². The van der Waals surface area contributed by atoms with E-state index in [1.165, 1.54) is 24.3 Å². The molecule has 1 aromatic carbocycles. The van der Waals surface area contributed by atoms with Crippen molar-refractivity contribution in [1.82, 2.24) is 0 Å². The molecule has 90 valence electrons. The second-order valence-corrected chi connectivity index (χ2v) is 5.35. The summed E-state index contributed by atoms with van der Waals surface area (Å²) in [6.07, 6.45) is 2.71. The smallest absolute Gasteiger partial charge is 0.328 e. The fraction of sp³-hybridized carbons (Fsp3) is 0.0909. The van der Waals surface area contributed by atoms with Gasteiger partial charge in [0.1, 0.15) is 0 Å². The number of rotatable bonds is 4. The summed E-state index contributed by atoms with van der Waals surface area (Å²) in [5.74, 6) is -1.71. The van der Waals surface area contributed by atoms with Crippen LogP contribution in [0, 0.1) is 0 Å². The number of carbonyl (C=O) groups excluding carboxylic acids is 1. The maximum atomic E-state index is 11.4. The maximum absolute atomic E-state index is 11.4. The summed E-state index contributed by atoms with van der Waals surface area (Å²) in [7, 11) is -3.29. The quantitative estimate of drug-likeness (QED) is 0.637. The van der Waals surface area contributed by atoms with Gasteiger partial charge >= 0.3 is 5.97 Å². The van der Waals surface area contributed by atoms with Gasteiger partial charge in [0.15, 0.2) is 15.6 Å². The van der Waals surface area contributed by atoms with Crippen molar-refractivity contribution in [3.05, 3.63) is 42.0 Å². The molecule has 1 N–H and O–H groups in total. The Morgan fingerprint density at radius 1 is 1.12 bits per heavy atom. The minimum absolute atomic E-state index is 0.108. The summed E-state index contributed by atoms with van der Waals surface area (Å²) in [4.78, 5) is 21.7. The van der Waals surface area contributed by atoms with Crippen LogP contribution in [0.15, 0.2) is 41.3 Å². The fourth-order valence-electron chi connectivity index (χ4n) is 1.11. The molecule has 0 spiro atoms. The van der Waals surface area contributed by atoms with E-state index < -0.39 is 21.6 Å². The Morgan fingerprint density at radius 2 is 1.65 bits per heavy atom. The van der Waals surface area contributed by atoms with E-state index in [0.717, 1.165) is 18.4 Å². The van der Waals surface area contributed by atoms with Crippen molar-refractivity contribution in [2.24, 2.45) is 0 Å². The lowest BCUT2D eigenvalue weighted by Gasteiger charge is -1.99. The Labute approximate surface area is 98.3 Å². The largest absolute Gasteiger partial charge is 0.478 e. The monoisotopic (exact) mass is 254 g/mol. The summed E-state index contributed by atoms with van der Waals surface area (Å²) >= 11 is 0. The third-order valence-corrected chi connectivity index (χ3v) is 3.07. The Bertz CT molecular complexity index is 566. The van der Waals surface area contributed by atoms with Gasteiger partial charge in [0.2, 0.25) is 0 Å². The topological polar surface area (TPSA) is 88.5 Å². The first kappa shape index (κ1) is 13.1. The average Bonchev–Trinajstić information content (AvgIpc) is 2.25. The van der Waals surface area contributed by atoms with E-state index in [4.69, 9.17) is 5.11 Å². The van der Waals surface area contributed by atoms with Crippen molar-refractivity contribution in [2.45, 2.75) is 4.90 Å². The zero-order valence-electron chi connectivity index (χ0n) is 8.95. The Hall–Kier alpha value is -1.95. The number of aliphatic carboxylic acids is 1. The van der Waals surface area contributed by atoms with Crippen LogP contribution in [0.25, 0.3) is 0 Å². The minimum atomic E-state index is -3.29. The molecule has 0 amide bonds. The van der Waals surface area contributed by atoms with E-state index in [2.05, 4.69) is 0 Å². The molecular weight excluding hydrogens is 244 g/mol. The van der Waals surface area contributed by atoms with Crippen molar-refractivity contribution in [2.75, 3.05) is 6.26 Å². The van der Waals surface area contributed by atoms with Gasteiger partial charge in [0, 0.05) is 17.9 Å². The first-order chi connectivity index (χ1) is 7.80. The highest BCUT2D eigenvalue weighted by Crippen LogP contribution is 2.11. The zero-order chi connectivity index (χ0) is 13.1. The van der Waals surface area contributed by atoms with Crippen LogP contribution in [-0.4, -0.2) is 31.5 Å². The van der Waals surface area contributed by atoms with E-state index >= 15 is 0 Å². The van der Waals surface area contributed by atoms with Gasteiger partial charge in [-0.05, 0) is 30.3 Å². The van der Waals surface area contributed by atoms with Crippen molar-refractivity contribution >= 4 is 21.6 Å². The number of ketones is 1. The Morgan fingerprint density at radius 3 is 2.06 bits per heavy atom. The summed E-state index contributed by atoms with van der Waals surface area (Å²) in [6.45, 7) is 0. The molecule has 5 nitrogen and oxygen atoms in total. The molecule has 0 aliphatic heterocycles. The number of carboxylic acids is 1. The van der Waals surface area contributed by atoms with Gasteiger partial charge in [-0.3, -0.25) is 4.79 Å². The van der Waals surface area contributed by atoms with E-state index in [-0.39, 0.29) is 10.5 Å². The molecule has 0 bridgehead atoms. The molecule has 0 unspecified atom stereocenters. The van der Waals surface area contributed by atoms with Crippen LogP contribution in [0.3, 0.4) is 0 Å². The predicted octanol–water partition coefficient (Wildman–Crippen LogP) is 0.914. The molecule has 0 aliphatic rings. The second-order valence-electron chi connectivity index (χ2n) is 3.33. The van der Waals surface area contributed by atoms with Crippen LogP contribution in [0.1, 0.15) is 10.4 Å². The number of allylic oxidation sites excluding steroid dienone is 1. The van der Waals surface area contributed by atoms with Gasteiger partial charge in [-0.1, -0.05) is 0 Å². The molecule has 1 aromatic rings. The number of benzene rings is 1. The third-order valence-electron chi connectivity index (χ3n) is 1.94. The molecule has 0 aromatic heterocycles. The molecule has 0 radical (unpaired) electrons. The summed E-state index contributed by atoms with van der Waals surface area (Å²) in [6, 6.07) is 5.28. The Kier molecular flexibility index (Phi) is 3.80. The third kappa shape index (κ3) is 3.84. The second kappa shape index (κ2) is 4.92. The Balaban J connectivity index is 2.96. The summed E-state index contributed by atoms with van der Waals surface area (Å²) in [5.41, 5.74) is 0.231. The molecule has 17 heavy (non-hydrogen) atoms. The molecule has 0 saturated heterocycles. The lowest BCUT2D eigenvalue weighted by Crippen LogP contribution is -2.00. The van der Waals surface area contributed by atoms with Gasteiger partial charge in [0.25, 0.3) is 0 Å². The lowest BCUT2D eigenvalue weighted by atomic mass is 10.1. The summed E-state index contributed by atoms with van der Waals surface area (Å²) in [5, 5.41) is 8.34. The number of hydrogen-bond donors (Lipinski definition) is 1. The molecule has 0 atom stereocenters. The van der Waals surface area contributed by atoms with E-state index in [1.54, 1.807) is 0 Å². The highest BCUT2D eigenvalue weighted by Gasteiger charge is 2.08. The van der Waals surface area contributed by atoms with Crippen LogP contribution >= 0.6 is 0 Å². The predicted molar refractivity (Wildman–Crippen MR) is 60.7 cm³/mol. The van der Waals surface area contributed by atoms with E-state index in [1.807, 2.05) is 0 Å². The lowest BCUT2D eigenvalue weighted by molar-refractivity contribution is -0.131. The number of carboxylic acid groups (broad SMARTS) is 1. The number of sulfone groups is 1. The SMILES string of the molecule is CS(=O)(=O)c1ccc(C(=O)/C=C/C(=O)O)cc1. The molecule has 1 rings (SSSR count). The van der Waals surface area contributed by atoms with Gasteiger partial charge in [-0.25, -0.2) is 13.2 Å². The molecular formula is C11H10O5S. The maximum Gasteiger partial charge on any atom is 0.328 e. The normalized spacial score (nSPS) is 11.6. The number of hydrogen-bond acceptors (Lipinski definition) is 4. The standard InChI is InChI=1S/C11H10O5S/c1-17(15,16)9-4-2-8(3-5-9)10(12)6-7-11(13)14/h2-7H,1H3,(H,13,14)/b7-6+. The van der Waals surface area contributed by atoms with E-state index in [9.17, 15) is 18.0 Å². The van der Waals surface area contributed by atoms with Gasteiger partial charge in [0.05, 0.1) is 4.90 Å². The van der Waals surface area contributed by atoms with Crippen LogP contribution in [0.5, 0.6) is 0 Å². The molecule has 0 saturated carbocycles.